The van der Waals surface area contributed by atoms with Gasteiger partial charge in [0.25, 0.3) is 0 Å². The zero-order valence-corrected chi connectivity index (χ0v) is 8.80. The first-order valence-electron chi connectivity index (χ1n) is 3.50. The van der Waals surface area contributed by atoms with Crippen LogP contribution >= 0.6 is 19.4 Å². The molecule has 0 unspecified atom stereocenters. The van der Waals surface area contributed by atoms with Crippen molar-refractivity contribution >= 4 is 19.4 Å². The average Bonchev–Trinajstić information content (AvgIpc) is 2.12. The van der Waals surface area contributed by atoms with E-state index in [1.165, 1.54) is 12.2 Å². The minimum atomic E-state index is -3.53. The Hall–Kier alpha value is -0.120. The summed E-state index contributed by atoms with van der Waals surface area (Å²) in [5, 5.41) is 0. The second-order valence-corrected chi connectivity index (χ2v) is 3.74. The van der Waals surface area contributed by atoms with Crippen LogP contribution in [0.5, 0.6) is 0 Å². The number of phosphoric ester groups is 1. The highest BCUT2D eigenvalue weighted by Crippen LogP contribution is 2.49. The van der Waals surface area contributed by atoms with Gasteiger partial charge < -0.3 is 0 Å². The Morgan fingerprint density at radius 1 is 1.15 bits per heavy atom. The summed E-state index contributed by atoms with van der Waals surface area (Å²) in [4.78, 5) is 0. The van der Waals surface area contributed by atoms with E-state index in [-0.39, 0.29) is 19.3 Å². The monoisotopic (exact) mass is 226 g/mol. The third-order valence-electron chi connectivity index (χ3n) is 0.908. The molecule has 0 aliphatic heterocycles. The first-order valence-corrected chi connectivity index (χ1v) is 5.49. The summed E-state index contributed by atoms with van der Waals surface area (Å²) in [7, 11) is -3.53. The van der Waals surface area contributed by atoms with Crippen LogP contribution in [0.4, 0.5) is 0 Å². The third kappa shape index (κ3) is 6.02. The lowest BCUT2D eigenvalue weighted by atomic mass is 10.7. The molecule has 13 heavy (non-hydrogen) atoms. The maximum atomic E-state index is 11.5. The standard InChI is InChI=1S/C7H12ClO4P/c1-3-5-10-13(9,12-7-8)11-6-4-2/h3-4H,1-2,5-7H2. The van der Waals surface area contributed by atoms with Crippen LogP contribution in [0.2, 0.25) is 0 Å². The topological polar surface area (TPSA) is 44.8 Å². The molecule has 0 bridgehead atoms. The summed E-state index contributed by atoms with van der Waals surface area (Å²) >= 11 is 5.24. The number of halogens is 1. The van der Waals surface area contributed by atoms with Crippen molar-refractivity contribution in [2.24, 2.45) is 0 Å². The predicted molar refractivity (Wildman–Crippen MR) is 51.7 cm³/mol. The highest BCUT2D eigenvalue weighted by atomic mass is 35.5. The van der Waals surface area contributed by atoms with E-state index in [0.29, 0.717) is 0 Å². The van der Waals surface area contributed by atoms with Gasteiger partial charge in [-0.15, -0.1) is 13.2 Å². The van der Waals surface area contributed by atoms with E-state index < -0.39 is 7.82 Å². The average molecular weight is 227 g/mol. The molecular formula is C7H12ClO4P. The second-order valence-electron chi connectivity index (χ2n) is 1.85. The molecule has 0 saturated heterocycles. The van der Waals surface area contributed by atoms with Crippen molar-refractivity contribution in [3.8, 4) is 0 Å². The molecule has 0 radical (unpaired) electrons. The molecule has 0 aromatic heterocycles. The molecular weight excluding hydrogens is 214 g/mol. The van der Waals surface area contributed by atoms with Crippen LogP contribution in [0, 0.1) is 0 Å². The van der Waals surface area contributed by atoms with Gasteiger partial charge in [-0.2, -0.15) is 0 Å². The van der Waals surface area contributed by atoms with E-state index in [1.807, 2.05) is 0 Å². The van der Waals surface area contributed by atoms with Gasteiger partial charge in [-0.05, 0) is 0 Å². The Balaban J connectivity index is 4.06. The van der Waals surface area contributed by atoms with Crippen LogP contribution in [-0.4, -0.2) is 19.3 Å². The molecule has 0 atom stereocenters. The fourth-order valence-corrected chi connectivity index (χ4v) is 1.74. The van der Waals surface area contributed by atoms with E-state index >= 15 is 0 Å². The van der Waals surface area contributed by atoms with Gasteiger partial charge in [0.1, 0.15) is 6.07 Å². The first-order chi connectivity index (χ1) is 6.18. The summed E-state index contributed by atoms with van der Waals surface area (Å²) in [5.74, 6) is 0. The number of hydrogen-bond donors (Lipinski definition) is 0. The van der Waals surface area contributed by atoms with Gasteiger partial charge in [0.2, 0.25) is 0 Å². The Bertz CT molecular complexity index is 191. The Labute approximate surface area is 82.7 Å². The van der Waals surface area contributed by atoms with Crippen molar-refractivity contribution in [1.82, 2.24) is 0 Å². The van der Waals surface area contributed by atoms with Gasteiger partial charge in [0, 0.05) is 0 Å². The third-order valence-corrected chi connectivity index (χ3v) is 2.55. The number of hydrogen-bond acceptors (Lipinski definition) is 4. The van der Waals surface area contributed by atoms with Crippen molar-refractivity contribution in [2.75, 3.05) is 19.3 Å². The van der Waals surface area contributed by atoms with Gasteiger partial charge in [-0.3, -0.25) is 13.6 Å². The lowest BCUT2D eigenvalue weighted by molar-refractivity contribution is 0.147. The van der Waals surface area contributed by atoms with Gasteiger partial charge in [0.15, 0.2) is 0 Å². The van der Waals surface area contributed by atoms with Crippen LogP contribution in [0.3, 0.4) is 0 Å². The molecule has 0 aromatic rings. The van der Waals surface area contributed by atoms with E-state index in [4.69, 9.17) is 20.6 Å². The van der Waals surface area contributed by atoms with Crippen molar-refractivity contribution in [1.29, 1.82) is 0 Å². The van der Waals surface area contributed by atoms with Gasteiger partial charge in [-0.1, -0.05) is 23.8 Å². The quantitative estimate of drug-likeness (QED) is 0.363. The fourth-order valence-electron chi connectivity index (χ4n) is 0.460. The van der Waals surface area contributed by atoms with Crippen LogP contribution in [0.1, 0.15) is 0 Å². The van der Waals surface area contributed by atoms with E-state index in [9.17, 15) is 4.57 Å². The highest BCUT2D eigenvalue weighted by molar-refractivity contribution is 7.48. The number of rotatable bonds is 8. The number of phosphoric acid groups is 1. The number of alkyl halides is 1. The van der Waals surface area contributed by atoms with E-state index in [2.05, 4.69) is 17.7 Å². The van der Waals surface area contributed by atoms with E-state index in [0.717, 1.165) is 0 Å². The normalized spacial score (nSPS) is 11.2. The lowest BCUT2D eigenvalue weighted by Gasteiger charge is -2.14. The summed E-state index contributed by atoms with van der Waals surface area (Å²) in [5.41, 5.74) is 0. The largest absolute Gasteiger partial charge is 0.476 e. The van der Waals surface area contributed by atoms with Gasteiger partial charge in [-0.25, -0.2) is 4.57 Å². The molecule has 0 fully saturated rings. The molecule has 6 heteroatoms. The Morgan fingerprint density at radius 3 is 1.92 bits per heavy atom. The zero-order valence-electron chi connectivity index (χ0n) is 7.15. The molecule has 76 valence electrons. The fraction of sp³-hybridized carbons (Fsp3) is 0.429. The molecule has 0 saturated carbocycles. The maximum Gasteiger partial charge on any atom is 0.476 e. The minimum absolute atomic E-state index is 0.0747. The molecule has 0 N–H and O–H groups in total. The Kier molecular flexibility index (Phi) is 7.23. The van der Waals surface area contributed by atoms with Crippen molar-refractivity contribution in [3.05, 3.63) is 25.3 Å². The zero-order chi connectivity index (χ0) is 10.2. The van der Waals surface area contributed by atoms with E-state index in [1.54, 1.807) is 0 Å². The van der Waals surface area contributed by atoms with Crippen LogP contribution in [0.25, 0.3) is 0 Å². The predicted octanol–water partition coefficient (Wildman–Crippen LogP) is 2.71. The minimum Gasteiger partial charge on any atom is -0.283 e. The molecule has 0 aliphatic rings. The summed E-state index contributed by atoms with van der Waals surface area (Å²) in [6, 6.07) is -0.258. The molecule has 0 heterocycles. The van der Waals surface area contributed by atoms with Crippen molar-refractivity contribution in [3.63, 3.8) is 0 Å². The summed E-state index contributed by atoms with van der Waals surface area (Å²) < 4.78 is 25.7. The summed E-state index contributed by atoms with van der Waals surface area (Å²) in [6.45, 7) is 6.94. The van der Waals surface area contributed by atoms with Crippen LogP contribution < -0.4 is 0 Å². The molecule has 0 spiro atoms. The lowest BCUT2D eigenvalue weighted by Crippen LogP contribution is -1.99. The SMILES string of the molecule is C=CCOP(=O)(OCCl)OCC=C. The molecule has 4 nitrogen and oxygen atoms in total. The highest BCUT2D eigenvalue weighted by Gasteiger charge is 2.24. The Morgan fingerprint density at radius 2 is 1.62 bits per heavy atom. The molecule has 0 amide bonds. The van der Waals surface area contributed by atoms with Crippen molar-refractivity contribution in [2.45, 2.75) is 0 Å². The molecule has 0 rings (SSSR count). The van der Waals surface area contributed by atoms with Crippen molar-refractivity contribution < 1.29 is 18.1 Å². The molecule has 0 aromatic carbocycles. The molecule has 0 aliphatic carbocycles. The van der Waals surface area contributed by atoms with Gasteiger partial charge in [0.05, 0.1) is 13.2 Å². The second kappa shape index (κ2) is 7.30. The summed E-state index contributed by atoms with van der Waals surface area (Å²) in [6.07, 6.45) is 2.86. The maximum absolute atomic E-state index is 11.5. The smallest absolute Gasteiger partial charge is 0.283 e. The van der Waals surface area contributed by atoms with Crippen LogP contribution in [-0.2, 0) is 18.1 Å². The van der Waals surface area contributed by atoms with Crippen LogP contribution in [0.15, 0.2) is 25.3 Å². The first kappa shape index (κ1) is 12.9. The van der Waals surface area contributed by atoms with Gasteiger partial charge >= 0.3 is 7.82 Å².